The van der Waals surface area contributed by atoms with E-state index in [0.717, 1.165) is 11.1 Å². The van der Waals surface area contributed by atoms with Gasteiger partial charge in [0.2, 0.25) is 0 Å². The molecule has 0 spiro atoms. The average Bonchev–Trinajstić information content (AvgIpc) is 2.62. The lowest BCUT2D eigenvalue weighted by Gasteiger charge is -2.18. The summed E-state index contributed by atoms with van der Waals surface area (Å²) in [5.41, 5.74) is 2.55. The Bertz CT molecular complexity index is 896. The van der Waals surface area contributed by atoms with E-state index in [4.69, 9.17) is 0 Å². The summed E-state index contributed by atoms with van der Waals surface area (Å²) in [5, 5.41) is -0.0157. The summed E-state index contributed by atoms with van der Waals surface area (Å²) in [4.78, 5) is 8.24. The molecule has 0 radical (unpaired) electrons. The van der Waals surface area contributed by atoms with Crippen molar-refractivity contribution in [1.82, 2.24) is 14.7 Å². The average molecular weight is 339 g/mol. The standard InChI is InChI=1S/C18H17N3O2S/c1-14-8-10-15(11-9-14)18(16-6-2-4-12-19-16)21-24(22,23)17-7-3-5-13-20-17/h2-13,18,21H,1H3/t18-/m0/s1. The number of rotatable bonds is 5. The zero-order valence-electron chi connectivity index (χ0n) is 13.1. The highest BCUT2D eigenvalue weighted by Crippen LogP contribution is 2.23. The summed E-state index contributed by atoms with van der Waals surface area (Å²) >= 11 is 0. The second-order valence-electron chi connectivity index (χ2n) is 5.39. The van der Waals surface area contributed by atoms with Crippen LogP contribution in [0.15, 0.2) is 78.1 Å². The summed E-state index contributed by atoms with van der Waals surface area (Å²) < 4.78 is 28.0. The zero-order valence-corrected chi connectivity index (χ0v) is 13.9. The summed E-state index contributed by atoms with van der Waals surface area (Å²) in [6, 6.07) is 17.3. The minimum atomic E-state index is -3.77. The Morgan fingerprint density at radius 2 is 1.54 bits per heavy atom. The van der Waals surface area contributed by atoms with Gasteiger partial charge in [-0.3, -0.25) is 4.98 Å². The fraction of sp³-hybridized carbons (Fsp3) is 0.111. The Kier molecular flexibility index (Phi) is 4.69. The molecule has 0 amide bonds. The van der Waals surface area contributed by atoms with Crippen LogP contribution in [-0.4, -0.2) is 18.4 Å². The molecule has 3 rings (SSSR count). The lowest BCUT2D eigenvalue weighted by Crippen LogP contribution is -2.30. The molecule has 122 valence electrons. The molecule has 1 N–H and O–H groups in total. The van der Waals surface area contributed by atoms with Crippen LogP contribution in [0.2, 0.25) is 0 Å². The molecule has 2 aromatic heterocycles. The third kappa shape index (κ3) is 3.67. The first-order valence-corrected chi connectivity index (χ1v) is 8.95. The van der Waals surface area contributed by atoms with Crippen LogP contribution in [0.5, 0.6) is 0 Å². The monoisotopic (exact) mass is 339 g/mol. The van der Waals surface area contributed by atoms with Gasteiger partial charge in [0.15, 0.2) is 5.03 Å². The molecule has 0 saturated heterocycles. The van der Waals surface area contributed by atoms with E-state index < -0.39 is 16.1 Å². The van der Waals surface area contributed by atoms with E-state index in [1.165, 1.54) is 12.3 Å². The van der Waals surface area contributed by atoms with E-state index in [-0.39, 0.29) is 5.03 Å². The van der Waals surface area contributed by atoms with Gasteiger partial charge in [0.1, 0.15) is 0 Å². The second-order valence-corrected chi connectivity index (χ2v) is 7.05. The lowest BCUT2D eigenvalue weighted by molar-refractivity contribution is 0.566. The molecular formula is C18H17N3O2S. The number of nitrogens with one attached hydrogen (secondary N) is 1. The third-order valence-corrected chi connectivity index (χ3v) is 4.92. The number of hydrogen-bond donors (Lipinski definition) is 1. The zero-order chi connectivity index (χ0) is 17.0. The van der Waals surface area contributed by atoms with E-state index in [2.05, 4.69) is 14.7 Å². The molecule has 6 heteroatoms. The van der Waals surface area contributed by atoms with E-state index >= 15 is 0 Å². The van der Waals surface area contributed by atoms with Crippen molar-refractivity contribution in [3.05, 3.63) is 89.9 Å². The van der Waals surface area contributed by atoms with Crippen LogP contribution < -0.4 is 4.72 Å². The minimum absolute atomic E-state index is 0.0157. The number of sulfonamides is 1. The van der Waals surface area contributed by atoms with Gasteiger partial charge in [-0.05, 0) is 36.8 Å². The predicted molar refractivity (Wildman–Crippen MR) is 91.8 cm³/mol. The molecule has 24 heavy (non-hydrogen) atoms. The highest BCUT2D eigenvalue weighted by Gasteiger charge is 2.24. The van der Waals surface area contributed by atoms with Gasteiger partial charge in [0, 0.05) is 12.4 Å². The van der Waals surface area contributed by atoms with Gasteiger partial charge >= 0.3 is 0 Å². The van der Waals surface area contributed by atoms with Gasteiger partial charge in [-0.1, -0.05) is 42.0 Å². The molecule has 0 saturated carbocycles. The Hall–Kier alpha value is -2.57. The quantitative estimate of drug-likeness (QED) is 0.776. The summed E-state index contributed by atoms with van der Waals surface area (Å²) in [6.45, 7) is 1.98. The van der Waals surface area contributed by atoms with Gasteiger partial charge in [-0.2, -0.15) is 4.72 Å². The minimum Gasteiger partial charge on any atom is -0.259 e. The van der Waals surface area contributed by atoms with Crippen LogP contribution >= 0.6 is 0 Å². The molecule has 0 aliphatic carbocycles. The largest absolute Gasteiger partial charge is 0.259 e. The van der Waals surface area contributed by atoms with Crippen LogP contribution in [-0.2, 0) is 10.0 Å². The van der Waals surface area contributed by atoms with Gasteiger partial charge < -0.3 is 0 Å². The van der Waals surface area contributed by atoms with Crippen LogP contribution in [0.1, 0.15) is 22.9 Å². The van der Waals surface area contributed by atoms with E-state index in [9.17, 15) is 8.42 Å². The van der Waals surface area contributed by atoms with Crippen LogP contribution in [0.4, 0.5) is 0 Å². The van der Waals surface area contributed by atoms with Gasteiger partial charge in [-0.15, -0.1) is 0 Å². The van der Waals surface area contributed by atoms with Crippen molar-refractivity contribution in [3.8, 4) is 0 Å². The van der Waals surface area contributed by atoms with Crippen LogP contribution in [0.3, 0.4) is 0 Å². The van der Waals surface area contributed by atoms with Gasteiger partial charge in [0.25, 0.3) is 10.0 Å². The maximum absolute atomic E-state index is 12.7. The Morgan fingerprint density at radius 1 is 0.875 bits per heavy atom. The first kappa shape index (κ1) is 16.3. The number of aromatic nitrogens is 2. The summed E-state index contributed by atoms with van der Waals surface area (Å²) in [5.74, 6) is 0. The molecule has 1 aromatic carbocycles. The smallest absolute Gasteiger partial charge is 0.258 e. The fourth-order valence-electron chi connectivity index (χ4n) is 2.33. The lowest BCUT2D eigenvalue weighted by atomic mass is 10.0. The molecule has 0 aliphatic heterocycles. The number of hydrogen-bond acceptors (Lipinski definition) is 4. The number of nitrogens with zero attached hydrogens (tertiary/aromatic N) is 2. The Labute approximate surface area is 141 Å². The van der Waals surface area contributed by atoms with Gasteiger partial charge in [0.05, 0.1) is 11.7 Å². The molecule has 0 unspecified atom stereocenters. The number of aryl methyl sites for hydroxylation is 1. The summed E-state index contributed by atoms with van der Waals surface area (Å²) in [7, 11) is -3.77. The van der Waals surface area contributed by atoms with Crippen molar-refractivity contribution in [1.29, 1.82) is 0 Å². The molecular weight excluding hydrogens is 322 g/mol. The Morgan fingerprint density at radius 3 is 2.12 bits per heavy atom. The molecule has 1 atom stereocenters. The fourth-order valence-corrected chi connectivity index (χ4v) is 3.47. The normalized spacial score (nSPS) is 12.7. The Balaban J connectivity index is 2.01. The molecule has 5 nitrogen and oxygen atoms in total. The van der Waals surface area contributed by atoms with Gasteiger partial charge in [-0.25, -0.2) is 13.4 Å². The summed E-state index contributed by atoms with van der Waals surface area (Å²) in [6.07, 6.45) is 3.10. The van der Waals surface area contributed by atoms with Crippen molar-refractivity contribution in [2.24, 2.45) is 0 Å². The maximum Gasteiger partial charge on any atom is 0.258 e. The van der Waals surface area contributed by atoms with Crippen molar-refractivity contribution in [2.45, 2.75) is 18.0 Å². The first-order chi connectivity index (χ1) is 11.6. The predicted octanol–water partition coefficient (Wildman–Crippen LogP) is 2.85. The van der Waals surface area contributed by atoms with E-state index in [1.807, 2.05) is 37.3 Å². The second kappa shape index (κ2) is 6.90. The molecule has 2 heterocycles. The SMILES string of the molecule is Cc1ccc([C@H](NS(=O)(=O)c2ccccn2)c2ccccn2)cc1. The highest BCUT2D eigenvalue weighted by atomic mass is 32.2. The number of benzene rings is 1. The number of pyridine rings is 2. The third-order valence-electron chi connectivity index (χ3n) is 3.58. The topological polar surface area (TPSA) is 72.0 Å². The molecule has 0 fully saturated rings. The first-order valence-electron chi connectivity index (χ1n) is 7.47. The van der Waals surface area contributed by atoms with Crippen molar-refractivity contribution < 1.29 is 8.42 Å². The van der Waals surface area contributed by atoms with E-state index in [0.29, 0.717) is 5.69 Å². The maximum atomic E-state index is 12.7. The van der Waals surface area contributed by atoms with Crippen LogP contribution in [0, 0.1) is 6.92 Å². The van der Waals surface area contributed by atoms with Crippen LogP contribution in [0.25, 0.3) is 0 Å². The van der Waals surface area contributed by atoms with Crippen molar-refractivity contribution >= 4 is 10.0 Å². The van der Waals surface area contributed by atoms with Crippen molar-refractivity contribution in [3.63, 3.8) is 0 Å². The molecule has 0 aliphatic rings. The van der Waals surface area contributed by atoms with E-state index in [1.54, 1.807) is 30.5 Å². The molecule has 3 aromatic rings. The highest BCUT2D eigenvalue weighted by molar-refractivity contribution is 7.89. The molecule has 0 bridgehead atoms. The van der Waals surface area contributed by atoms with Crippen molar-refractivity contribution in [2.75, 3.05) is 0 Å².